The van der Waals surface area contributed by atoms with E-state index >= 15 is 0 Å². The summed E-state index contributed by atoms with van der Waals surface area (Å²) in [6.45, 7) is 3.51. The lowest BCUT2D eigenvalue weighted by Gasteiger charge is -2.18. The Labute approximate surface area is 125 Å². The molecule has 114 valence electrons. The number of aromatic carboxylic acids is 1. The minimum Gasteiger partial charge on any atom is -0.478 e. The van der Waals surface area contributed by atoms with Crippen molar-refractivity contribution in [3.05, 3.63) is 34.4 Å². The van der Waals surface area contributed by atoms with Gasteiger partial charge in [-0.05, 0) is 37.8 Å². The van der Waals surface area contributed by atoms with Crippen LogP contribution in [0.4, 0.5) is 0 Å². The predicted octanol–water partition coefficient (Wildman–Crippen LogP) is 3.45. The molecule has 0 saturated heterocycles. The smallest absolute Gasteiger partial charge is 0.336 e. The van der Waals surface area contributed by atoms with Gasteiger partial charge in [0.25, 0.3) is 5.91 Å². The number of amides is 1. The van der Waals surface area contributed by atoms with Crippen LogP contribution in [0.15, 0.2) is 12.1 Å². The maximum absolute atomic E-state index is 12.5. The normalized spacial score (nSPS) is 16.3. The zero-order valence-electron chi connectivity index (χ0n) is 12.7. The van der Waals surface area contributed by atoms with Gasteiger partial charge in [0.15, 0.2) is 0 Å². The van der Waals surface area contributed by atoms with Gasteiger partial charge < -0.3 is 10.4 Å². The molecule has 1 aromatic carbocycles. The van der Waals surface area contributed by atoms with Gasteiger partial charge in [-0.3, -0.25) is 4.79 Å². The summed E-state index contributed by atoms with van der Waals surface area (Å²) in [6.07, 6.45) is 6.66. The Bertz CT molecular complexity index is 543. The summed E-state index contributed by atoms with van der Waals surface area (Å²) in [7, 11) is 0. The van der Waals surface area contributed by atoms with E-state index in [9.17, 15) is 14.7 Å². The summed E-state index contributed by atoms with van der Waals surface area (Å²) in [5.41, 5.74) is 1.77. The van der Waals surface area contributed by atoms with Crippen molar-refractivity contribution in [1.82, 2.24) is 5.32 Å². The summed E-state index contributed by atoms with van der Waals surface area (Å²) in [4.78, 5) is 24.0. The Hall–Kier alpha value is -1.84. The van der Waals surface area contributed by atoms with E-state index in [0.29, 0.717) is 16.7 Å². The number of benzene rings is 1. The number of carbonyl (C=O) groups excluding carboxylic acids is 1. The molecule has 1 fully saturated rings. The van der Waals surface area contributed by atoms with Gasteiger partial charge in [-0.2, -0.15) is 0 Å². The topological polar surface area (TPSA) is 66.4 Å². The van der Waals surface area contributed by atoms with Crippen molar-refractivity contribution in [3.63, 3.8) is 0 Å². The third kappa shape index (κ3) is 3.63. The monoisotopic (exact) mass is 289 g/mol. The molecule has 0 radical (unpaired) electrons. The van der Waals surface area contributed by atoms with Crippen LogP contribution in [-0.4, -0.2) is 23.0 Å². The molecule has 0 aliphatic heterocycles. The van der Waals surface area contributed by atoms with E-state index in [4.69, 9.17) is 0 Å². The molecule has 1 aliphatic rings. The summed E-state index contributed by atoms with van der Waals surface area (Å²) < 4.78 is 0. The fourth-order valence-electron chi connectivity index (χ4n) is 3.06. The first-order chi connectivity index (χ1) is 10.0. The zero-order chi connectivity index (χ0) is 15.4. The van der Waals surface area contributed by atoms with Crippen LogP contribution >= 0.6 is 0 Å². The van der Waals surface area contributed by atoms with Crippen molar-refractivity contribution in [3.8, 4) is 0 Å². The first kappa shape index (κ1) is 15.5. The maximum atomic E-state index is 12.5. The molecule has 0 atom stereocenters. The van der Waals surface area contributed by atoms with Crippen LogP contribution in [-0.2, 0) is 0 Å². The molecular weight excluding hydrogens is 266 g/mol. The lowest BCUT2D eigenvalue weighted by molar-refractivity contribution is 0.0689. The van der Waals surface area contributed by atoms with E-state index in [2.05, 4.69) is 5.32 Å². The molecule has 0 heterocycles. The molecule has 2 rings (SSSR count). The molecular formula is C17H23NO3. The maximum Gasteiger partial charge on any atom is 0.336 e. The van der Waals surface area contributed by atoms with Crippen molar-refractivity contribution in [1.29, 1.82) is 0 Å². The Balaban J connectivity index is 2.26. The first-order valence-corrected chi connectivity index (χ1v) is 7.65. The van der Waals surface area contributed by atoms with Gasteiger partial charge >= 0.3 is 5.97 Å². The molecule has 0 bridgehead atoms. The van der Waals surface area contributed by atoms with Gasteiger partial charge in [-0.15, -0.1) is 0 Å². The van der Waals surface area contributed by atoms with Gasteiger partial charge in [0, 0.05) is 6.04 Å². The number of aryl methyl sites for hydroxylation is 2. The quantitative estimate of drug-likeness (QED) is 0.837. The van der Waals surface area contributed by atoms with Crippen LogP contribution < -0.4 is 5.32 Å². The van der Waals surface area contributed by atoms with Gasteiger partial charge in [0.2, 0.25) is 0 Å². The average molecular weight is 289 g/mol. The number of carboxylic acid groups (broad SMARTS) is 1. The number of carboxylic acids is 1. The van der Waals surface area contributed by atoms with Gasteiger partial charge in [-0.25, -0.2) is 4.79 Å². The SMILES string of the molecule is Cc1ccc(C)c(C(=O)NC2CCCCCC2)c1C(=O)O. The number of rotatable bonds is 3. The summed E-state index contributed by atoms with van der Waals surface area (Å²) in [6, 6.07) is 3.73. The summed E-state index contributed by atoms with van der Waals surface area (Å²) in [5, 5.41) is 12.4. The molecule has 0 spiro atoms. The Kier molecular flexibility index (Phi) is 4.99. The zero-order valence-corrected chi connectivity index (χ0v) is 12.7. The molecule has 1 amide bonds. The first-order valence-electron chi connectivity index (χ1n) is 7.65. The third-order valence-electron chi connectivity index (χ3n) is 4.25. The average Bonchev–Trinajstić information content (AvgIpc) is 2.69. The van der Waals surface area contributed by atoms with Gasteiger partial charge in [0.1, 0.15) is 0 Å². The van der Waals surface area contributed by atoms with Crippen LogP contribution in [0.1, 0.15) is 70.4 Å². The molecule has 1 aliphatic carbocycles. The summed E-state index contributed by atoms with van der Waals surface area (Å²) in [5.74, 6) is -1.29. The van der Waals surface area contributed by atoms with E-state index < -0.39 is 5.97 Å². The second-order valence-electron chi connectivity index (χ2n) is 5.92. The number of hydrogen-bond acceptors (Lipinski definition) is 2. The highest BCUT2D eigenvalue weighted by atomic mass is 16.4. The van der Waals surface area contributed by atoms with Crippen molar-refractivity contribution >= 4 is 11.9 Å². The van der Waals surface area contributed by atoms with E-state index in [1.54, 1.807) is 19.9 Å². The molecule has 0 unspecified atom stereocenters. The molecule has 21 heavy (non-hydrogen) atoms. The van der Waals surface area contributed by atoms with Crippen LogP contribution in [0.25, 0.3) is 0 Å². The Morgan fingerprint density at radius 3 is 2.05 bits per heavy atom. The van der Waals surface area contributed by atoms with Crippen LogP contribution in [0.2, 0.25) is 0 Å². The molecule has 1 saturated carbocycles. The fraction of sp³-hybridized carbons (Fsp3) is 0.529. The van der Waals surface area contributed by atoms with Crippen molar-refractivity contribution in [2.45, 2.75) is 58.4 Å². The van der Waals surface area contributed by atoms with E-state index in [0.717, 1.165) is 25.7 Å². The number of nitrogens with one attached hydrogen (secondary N) is 1. The largest absolute Gasteiger partial charge is 0.478 e. The van der Waals surface area contributed by atoms with Crippen LogP contribution in [0, 0.1) is 13.8 Å². The number of carbonyl (C=O) groups is 2. The molecule has 0 aromatic heterocycles. The molecule has 1 aromatic rings. The fourth-order valence-corrected chi connectivity index (χ4v) is 3.06. The second kappa shape index (κ2) is 6.74. The van der Waals surface area contributed by atoms with Crippen molar-refractivity contribution in [2.24, 2.45) is 0 Å². The van der Waals surface area contributed by atoms with Crippen molar-refractivity contribution in [2.75, 3.05) is 0 Å². The Morgan fingerprint density at radius 1 is 1.00 bits per heavy atom. The second-order valence-corrected chi connectivity index (χ2v) is 5.92. The molecule has 4 heteroatoms. The highest BCUT2D eigenvalue weighted by molar-refractivity contribution is 6.06. The summed E-state index contributed by atoms with van der Waals surface area (Å²) >= 11 is 0. The minimum atomic E-state index is -1.04. The lowest BCUT2D eigenvalue weighted by Crippen LogP contribution is -2.36. The number of hydrogen-bond donors (Lipinski definition) is 2. The van der Waals surface area contributed by atoms with Gasteiger partial charge in [-0.1, -0.05) is 37.8 Å². The van der Waals surface area contributed by atoms with Crippen LogP contribution in [0.5, 0.6) is 0 Å². The Morgan fingerprint density at radius 2 is 1.52 bits per heavy atom. The predicted molar refractivity (Wildman–Crippen MR) is 81.8 cm³/mol. The lowest BCUT2D eigenvalue weighted by atomic mass is 9.96. The standard InChI is InChI=1S/C17H23NO3/c1-11-9-10-12(2)15(17(20)21)14(11)16(19)18-13-7-5-3-4-6-8-13/h9-10,13H,3-8H2,1-2H3,(H,18,19)(H,20,21). The van der Waals surface area contributed by atoms with Crippen molar-refractivity contribution < 1.29 is 14.7 Å². The molecule has 4 nitrogen and oxygen atoms in total. The highest BCUT2D eigenvalue weighted by Crippen LogP contribution is 2.21. The van der Waals surface area contributed by atoms with E-state index in [1.165, 1.54) is 12.8 Å². The van der Waals surface area contributed by atoms with Gasteiger partial charge in [0.05, 0.1) is 11.1 Å². The van der Waals surface area contributed by atoms with E-state index in [1.807, 2.05) is 6.07 Å². The van der Waals surface area contributed by atoms with Crippen LogP contribution in [0.3, 0.4) is 0 Å². The minimum absolute atomic E-state index is 0.126. The highest BCUT2D eigenvalue weighted by Gasteiger charge is 2.23. The van der Waals surface area contributed by atoms with E-state index in [-0.39, 0.29) is 17.5 Å². The third-order valence-corrected chi connectivity index (χ3v) is 4.25. The molecule has 2 N–H and O–H groups in total.